The first-order valence-corrected chi connectivity index (χ1v) is 11.4. The first kappa shape index (κ1) is 25.6. The summed E-state index contributed by atoms with van der Waals surface area (Å²) in [4.78, 5) is 36.9. The van der Waals surface area contributed by atoms with Gasteiger partial charge in [-0.25, -0.2) is 0 Å². The highest BCUT2D eigenvalue weighted by Gasteiger charge is 2.34. The number of benzene rings is 2. The van der Waals surface area contributed by atoms with Crippen LogP contribution >= 0.6 is 0 Å². The van der Waals surface area contributed by atoms with Gasteiger partial charge in [-0.05, 0) is 37.0 Å². The summed E-state index contributed by atoms with van der Waals surface area (Å²) < 4.78 is 5.63. The maximum Gasteiger partial charge on any atom is 0.316 e. The number of hydrogen-bond acceptors (Lipinski definition) is 6. The molecule has 3 N–H and O–H groups in total. The number of hydrogen-bond donors (Lipinski definition) is 3. The number of carbonyl (C=O) groups excluding carboxylic acids is 2. The number of aromatic amines is 1. The van der Waals surface area contributed by atoms with E-state index in [9.17, 15) is 19.5 Å². The highest BCUT2D eigenvalue weighted by Crippen LogP contribution is 2.34. The Balaban J connectivity index is 1.68. The van der Waals surface area contributed by atoms with E-state index in [1.807, 2.05) is 68.4 Å². The van der Waals surface area contributed by atoms with E-state index in [4.69, 9.17) is 4.74 Å². The molecular formula is C26H30N4O5. The maximum absolute atomic E-state index is 13.1. The van der Waals surface area contributed by atoms with Gasteiger partial charge in [-0.3, -0.25) is 19.5 Å². The molecule has 9 nitrogen and oxygen atoms in total. The van der Waals surface area contributed by atoms with Crippen LogP contribution in [-0.4, -0.2) is 51.0 Å². The molecule has 0 radical (unpaired) electrons. The largest absolute Gasteiger partial charge is 0.481 e. The summed E-state index contributed by atoms with van der Waals surface area (Å²) in [5.41, 5.74) is 2.02. The molecule has 184 valence electrons. The van der Waals surface area contributed by atoms with Crippen LogP contribution in [0.5, 0.6) is 0 Å². The Morgan fingerprint density at radius 3 is 2.43 bits per heavy atom. The fraction of sp³-hybridized carbons (Fsp3) is 0.346. The van der Waals surface area contributed by atoms with E-state index in [-0.39, 0.29) is 25.1 Å². The molecule has 0 bridgehead atoms. The summed E-state index contributed by atoms with van der Waals surface area (Å²) in [5, 5.41) is 21.6. The van der Waals surface area contributed by atoms with Crippen molar-refractivity contribution in [3.63, 3.8) is 0 Å². The number of esters is 1. The van der Waals surface area contributed by atoms with E-state index in [1.165, 1.54) is 6.20 Å². The molecule has 1 aromatic heterocycles. The molecular weight excluding hydrogens is 448 g/mol. The predicted molar refractivity (Wildman–Crippen MR) is 130 cm³/mol. The number of nitrogens with zero attached hydrogens (tertiary/aromatic N) is 2. The van der Waals surface area contributed by atoms with Crippen LogP contribution in [0.15, 0.2) is 60.8 Å². The molecule has 0 aliphatic rings. The van der Waals surface area contributed by atoms with Gasteiger partial charge in [0.1, 0.15) is 5.69 Å². The SMILES string of the molecule is C[C@@H](C[C@H](CCOC(=O)C(C)(C)c1ccccc1-c1ccccc1)NC(=O)c1cnn[nH]1)C(=O)O. The minimum absolute atomic E-state index is 0.0221. The molecule has 3 aromatic rings. The number of amides is 1. The van der Waals surface area contributed by atoms with Gasteiger partial charge in [-0.1, -0.05) is 66.7 Å². The van der Waals surface area contributed by atoms with Crippen LogP contribution in [0.2, 0.25) is 0 Å². The van der Waals surface area contributed by atoms with Crippen molar-refractivity contribution in [2.45, 2.75) is 45.1 Å². The molecule has 0 aliphatic carbocycles. The van der Waals surface area contributed by atoms with Crippen LogP contribution in [0.25, 0.3) is 11.1 Å². The quantitative estimate of drug-likeness (QED) is 0.359. The van der Waals surface area contributed by atoms with Gasteiger partial charge in [0.2, 0.25) is 0 Å². The lowest BCUT2D eigenvalue weighted by molar-refractivity contribution is -0.150. The Morgan fingerprint density at radius 1 is 1.09 bits per heavy atom. The van der Waals surface area contributed by atoms with Gasteiger partial charge in [0.05, 0.1) is 24.1 Å². The number of rotatable bonds is 11. The topological polar surface area (TPSA) is 134 Å². The summed E-state index contributed by atoms with van der Waals surface area (Å²) in [7, 11) is 0. The summed E-state index contributed by atoms with van der Waals surface area (Å²) in [6, 6.07) is 17.0. The number of carboxylic acid groups (broad SMARTS) is 1. The number of nitrogens with one attached hydrogen (secondary N) is 2. The normalized spacial score (nSPS) is 13.0. The third-order valence-corrected chi connectivity index (χ3v) is 5.95. The molecule has 3 rings (SSSR count). The van der Waals surface area contributed by atoms with Crippen LogP contribution in [0.1, 0.15) is 49.7 Å². The van der Waals surface area contributed by atoms with Crippen LogP contribution in [0.3, 0.4) is 0 Å². The van der Waals surface area contributed by atoms with Crippen LogP contribution < -0.4 is 5.32 Å². The Morgan fingerprint density at radius 2 is 1.77 bits per heavy atom. The third-order valence-electron chi connectivity index (χ3n) is 5.95. The smallest absolute Gasteiger partial charge is 0.316 e. The Kier molecular flexibility index (Phi) is 8.35. The first-order chi connectivity index (χ1) is 16.7. The molecule has 0 saturated heterocycles. The standard InChI is InChI=1S/C26H30N4O5/c1-17(24(32)33)15-19(28-23(31)22-16-27-30-29-22)13-14-35-25(34)26(2,3)21-12-8-7-11-20(21)18-9-5-4-6-10-18/h4-12,16-17,19H,13-15H2,1-3H3,(H,28,31)(H,32,33)(H,27,29,30)/t17-,19-/m0/s1. The van der Waals surface area contributed by atoms with Crippen LogP contribution in [0.4, 0.5) is 0 Å². The van der Waals surface area contributed by atoms with E-state index in [1.54, 1.807) is 6.92 Å². The summed E-state index contributed by atoms with van der Waals surface area (Å²) in [6.07, 6.45) is 1.72. The molecule has 2 atom stereocenters. The molecule has 0 saturated carbocycles. The summed E-state index contributed by atoms with van der Waals surface area (Å²) >= 11 is 0. The number of ether oxygens (including phenoxy) is 1. The average Bonchev–Trinajstić information content (AvgIpc) is 3.39. The summed E-state index contributed by atoms with van der Waals surface area (Å²) in [5.74, 6) is -2.52. The van der Waals surface area contributed by atoms with Gasteiger partial charge in [0.25, 0.3) is 5.91 Å². The molecule has 0 fully saturated rings. The second-order valence-corrected chi connectivity index (χ2v) is 8.98. The van der Waals surface area contributed by atoms with Crippen molar-refractivity contribution < 1.29 is 24.2 Å². The van der Waals surface area contributed by atoms with E-state index in [0.29, 0.717) is 0 Å². The molecule has 1 heterocycles. The number of carboxylic acids is 1. The van der Waals surface area contributed by atoms with Crippen molar-refractivity contribution in [2.75, 3.05) is 6.61 Å². The fourth-order valence-electron chi connectivity index (χ4n) is 3.83. The van der Waals surface area contributed by atoms with E-state index in [0.717, 1.165) is 16.7 Å². The van der Waals surface area contributed by atoms with Gasteiger partial charge in [-0.2, -0.15) is 0 Å². The van der Waals surface area contributed by atoms with Crippen molar-refractivity contribution in [3.8, 4) is 11.1 Å². The second-order valence-electron chi connectivity index (χ2n) is 8.98. The molecule has 2 aromatic carbocycles. The number of H-pyrrole nitrogens is 1. The zero-order valence-electron chi connectivity index (χ0n) is 20.0. The lowest BCUT2D eigenvalue weighted by Gasteiger charge is -2.27. The second kappa shape index (κ2) is 11.4. The zero-order valence-corrected chi connectivity index (χ0v) is 20.0. The predicted octanol–water partition coefficient (Wildman–Crippen LogP) is 3.59. The highest BCUT2D eigenvalue weighted by molar-refractivity contribution is 5.92. The van der Waals surface area contributed by atoms with E-state index >= 15 is 0 Å². The van der Waals surface area contributed by atoms with Crippen LogP contribution in [-0.2, 0) is 19.7 Å². The lowest BCUT2D eigenvalue weighted by atomic mass is 9.80. The maximum atomic E-state index is 13.1. The molecule has 0 aliphatic heterocycles. The van der Waals surface area contributed by atoms with E-state index in [2.05, 4.69) is 20.7 Å². The van der Waals surface area contributed by atoms with Gasteiger partial charge in [0, 0.05) is 12.5 Å². The number of carbonyl (C=O) groups is 3. The van der Waals surface area contributed by atoms with Crippen LogP contribution in [0, 0.1) is 5.92 Å². The monoisotopic (exact) mass is 478 g/mol. The van der Waals surface area contributed by atoms with Crippen molar-refractivity contribution in [2.24, 2.45) is 5.92 Å². The van der Waals surface area contributed by atoms with E-state index < -0.39 is 35.2 Å². The lowest BCUT2D eigenvalue weighted by Crippen LogP contribution is -2.39. The molecule has 0 unspecified atom stereocenters. The zero-order chi connectivity index (χ0) is 25.4. The minimum atomic E-state index is -0.969. The number of aliphatic carboxylic acids is 1. The molecule has 0 spiro atoms. The fourth-order valence-corrected chi connectivity index (χ4v) is 3.83. The number of aromatic nitrogens is 3. The highest BCUT2D eigenvalue weighted by atomic mass is 16.5. The van der Waals surface area contributed by atoms with Gasteiger partial charge in [-0.15, -0.1) is 5.10 Å². The van der Waals surface area contributed by atoms with Gasteiger partial charge < -0.3 is 15.2 Å². The van der Waals surface area contributed by atoms with Crippen molar-refractivity contribution in [1.29, 1.82) is 0 Å². The van der Waals surface area contributed by atoms with Crippen molar-refractivity contribution >= 4 is 17.8 Å². The van der Waals surface area contributed by atoms with Gasteiger partial charge >= 0.3 is 11.9 Å². The first-order valence-electron chi connectivity index (χ1n) is 11.4. The summed E-state index contributed by atoms with van der Waals surface area (Å²) in [6.45, 7) is 5.21. The Bertz CT molecular complexity index is 1150. The van der Waals surface area contributed by atoms with Crippen molar-refractivity contribution in [1.82, 2.24) is 20.7 Å². The Hall–Kier alpha value is -4.01. The third kappa shape index (κ3) is 6.53. The molecule has 9 heteroatoms. The average molecular weight is 479 g/mol. The molecule has 1 amide bonds. The van der Waals surface area contributed by atoms with Crippen molar-refractivity contribution in [3.05, 3.63) is 72.1 Å². The molecule has 35 heavy (non-hydrogen) atoms. The van der Waals surface area contributed by atoms with Gasteiger partial charge in [0.15, 0.2) is 0 Å². The Labute approximate surface area is 203 Å². The minimum Gasteiger partial charge on any atom is -0.481 e.